The third-order valence-electron chi connectivity index (χ3n) is 17.2. The maximum Gasteiger partial charge on any atom is 0.335 e. The van der Waals surface area contributed by atoms with Crippen molar-refractivity contribution in [1.82, 2.24) is 0 Å². The Bertz CT molecular complexity index is 1560. The van der Waals surface area contributed by atoms with Crippen molar-refractivity contribution in [2.75, 3.05) is 6.61 Å². The Morgan fingerprint density at radius 3 is 2.05 bits per heavy atom. The van der Waals surface area contributed by atoms with Crippen LogP contribution in [0.25, 0.3) is 0 Å². The SMILES string of the molecule is CC1(C)CC[C@@]2(C(=O)O[C@H]3O[C@H](CO)[C@H](O)[C@H](O)[C@@H]3O)CC[C@]3(C)C(=CC[C@H]4[C@]5(C)CC[C@H](O[C@@H]6O[C@H](C(=O)O)[C@@H](O)[C@H](O)[C@H]6O)C(C)(C)[C@H]5CC[C@]43C)[C@H]2C1. The molecule has 0 unspecified atom stereocenters. The Labute approximate surface area is 329 Å². The van der Waals surface area contributed by atoms with E-state index in [0.717, 1.165) is 44.9 Å². The molecule has 318 valence electrons. The topological polar surface area (TPSA) is 233 Å². The highest BCUT2D eigenvalue weighted by molar-refractivity contribution is 5.79. The van der Waals surface area contributed by atoms with Gasteiger partial charge in [0.2, 0.25) is 6.29 Å². The van der Waals surface area contributed by atoms with E-state index in [2.05, 4.69) is 54.5 Å². The highest BCUT2D eigenvalue weighted by Gasteiger charge is 2.70. The first-order valence-corrected chi connectivity index (χ1v) is 20.8. The summed E-state index contributed by atoms with van der Waals surface area (Å²) in [5, 5.41) is 82.4. The van der Waals surface area contributed by atoms with Gasteiger partial charge in [-0.1, -0.05) is 60.1 Å². The molecular weight excluding hydrogens is 728 g/mol. The normalized spacial score (nSPS) is 52.3. The molecule has 5 aliphatic carbocycles. The van der Waals surface area contributed by atoms with Crippen molar-refractivity contribution < 1.29 is 69.4 Å². The molecule has 0 spiro atoms. The maximum atomic E-state index is 14.6. The summed E-state index contributed by atoms with van der Waals surface area (Å²) in [4.78, 5) is 26.4. The number of ether oxygens (including phenoxy) is 4. The summed E-state index contributed by atoms with van der Waals surface area (Å²) in [6, 6.07) is 0. The molecule has 14 heteroatoms. The number of aliphatic carboxylic acids is 1. The van der Waals surface area contributed by atoms with Crippen LogP contribution in [0.3, 0.4) is 0 Å². The van der Waals surface area contributed by atoms with E-state index >= 15 is 0 Å². The smallest absolute Gasteiger partial charge is 0.335 e. The minimum absolute atomic E-state index is 0.0330. The van der Waals surface area contributed by atoms with Crippen LogP contribution in [-0.2, 0) is 28.5 Å². The quantitative estimate of drug-likeness (QED) is 0.110. The van der Waals surface area contributed by atoms with Gasteiger partial charge in [0.1, 0.15) is 42.7 Å². The number of fused-ring (bicyclic) bond motifs is 7. The largest absolute Gasteiger partial charge is 0.479 e. The molecule has 7 aliphatic rings. The molecule has 56 heavy (non-hydrogen) atoms. The number of esters is 1. The fraction of sp³-hybridized carbons (Fsp3) is 0.905. The van der Waals surface area contributed by atoms with Crippen LogP contribution in [0.4, 0.5) is 0 Å². The zero-order chi connectivity index (χ0) is 41.1. The van der Waals surface area contributed by atoms with E-state index in [1.165, 1.54) is 5.57 Å². The third-order valence-corrected chi connectivity index (χ3v) is 17.2. The number of rotatable bonds is 6. The van der Waals surface area contributed by atoms with Crippen molar-refractivity contribution in [3.63, 3.8) is 0 Å². The molecule has 0 bridgehead atoms. The van der Waals surface area contributed by atoms with Gasteiger partial charge in [-0.3, -0.25) is 4.79 Å². The van der Waals surface area contributed by atoms with E-state index < -0.39 is 96.9 Å². The molecule has 0 radical (unpaired) electrons. The van der Waals surface area contributed by atoms with Crippen LogP contribution in [0.15, 0.2) is 11.6 Å². The van der Waals surface area contributed by atoms with Gasteiger partial charge in [0.25, 0.3) is 0 Å². The molecule has 2 saturated heterocycles. The second-order valence-electron chi connectivity index (χ2n) is 20.7. The molecule has 7 rings (SSSR count). The predicted molar refractivity (Wildman–Crippen MR) is 198 cm³/mol. The minimum Gasteiger partial charge on any atom is -0.479 e. The predicted octanol–water partition coefficient (Wildman–Crippen LogP) is 2.41. The van der Waals surface area contributed by atoms with Crippen LogP contribution < -0.4 is 0 Å². The summed E-state index contributed by atoms with van der Waals surface area (Å²) in [6.45, 7) is 15.5. The van der Waals surface area contributed by atoms with E-state index in [4.69, 9.17) is 18.9 Å². The molecule has 2 aliphatic heterocycles. The minimum atomic E-state index is -1.79. The van der Waals surface area contributed by atoms with E-state index in [1.807, 2.05) is 0 Å². The number of carbonyl (C=O) groups is 2. The molecular formula is C42H66O14. The lowest BCUT2D eigenvalue weighted by Gasteiger charge is -2.71. The number of allylic oxidation sites excluding steroid dienone is 2. The number of carboxylic acid groups (broad SMARTS) is 1. The molecule has 2 heterocycles. The number of aliphatic hydroxyl groups is 7. The lowest BCUT2D eigenvalue weighted by Crippen LogP contribution is -2.66. The second-order valence-corrected chi connectivity index (χ2v) is 20.7. The molecule has 6 fully saturated rings. The summed E-state index contributed by atoms with van der Waals surface area (Å²) in [5.41, 5.74) is -0.448. The first-order chi connectivity index (χ1) is 26.0. The summed E-state index contributed by atoms with van der Waals surface area (Å²) in [6.07, 6.45) is -6.14. The Kier molecular flexibility index (Phi) is 10.8. The van der Waals surface area contributed by atoms with Crippen molar-refractivity contribution in [2.24, 2.45) is 50.2 Å². The van der Waals surface area contributed by atoms with Crippen LogP contribution in [0.5, 0.6) is 0 Å². The van der Waals surface area contributed by atoms with E-state index in [0.29, 0.717) is 25.2 Å². The Balaban J connectivity index is 1.16. The van der Waals surface area contributed by atoms with Gasteiger partial charge in [-0.25, -0.2) is 4.79 Å². The Morgan fingerprint density at radius 2 is 1.39 bits per heavy atom. The highest BCUT2D eigenvalue weighted by Crippen LogP contribution is 2.76. The van der Waals surface area contributed by atoms with E-state index in [-0.39, 0.29) is 33.5 Å². The van der Waals surface area contributed by atoms with E-state index in [1.54, 1.807) is 0 Å². The molecule has 8 N–H and O–H groups in total. The third kappa shape index (κ3) is 6.17. The Morgan fingerprint density at radius 1 is 0.750 bits per heavy atom. The van der Waals surface area contributed by atoms with Gasteiger partial charge in [-0.15, -0.1) is 0 Å². The maximum absolute atomic E-state index is 14.6. The zero-order valence-corrected chi connectivity index (χ0v) is 34.0. The standard InChI is InChI=1S/C42H66O14/c1-37(2)14-16-42(36(52)56-34-30(48)27(45)26(44)22(19-43)53-34)17-15-40(6)20(21(42)18-37)8-9-24-39(5)12-11-25(38(3,4)23(39)10-13-41(24,40)7)54-35-31(49)28(46)29(47)32(55-35)33(50)51/h8,21-32,34-35,43-49H,9-19H2,1-7H3,(H,50,51)/t21-,22-,23-,24+,25+,26+,27+,28+,29+,30+,31-,32+,34-,35-,39-,40-,41-,42-/m1/s1. The molecule has 0 amide bonds. The number of aliphatic hydroxyl groups excluding tert-OH is 7. The number of carboxylic acids is 1. The zero-order valence-electron chi connectivity index (χ0n) is 34.0. The van der Waals surface area contributed by atoms with Gasteiger partial charge in [0, 0.05) is 0 Å². The molecule has 0 aromatic heterocycles. The van der Waals surface area contributed by atoms with Crippen molar-refractivity contribution in [2.45, 2.75) is 180 Å². The average molecular weight is 795 g/mol. The van der Waals surface area contributed by atoms with Crippen LogP contribution in [0.2, 0.25) is 0 Å². The van der Waals surface area contributed by atoms with Crippen molar-refractivity contribution in [3.8, 4) is 0 Å². The Hall–Kier alpha value is -1.72. The first kappa shape index (κ1) is 42.4. The first-order valence-electron chi connectivity index (χ1n) is 20.8. The average Bonchev–Trinajstić information content (AvgIpc) is 3.12. The molecule has 4 saturated carbocycles. The molecule has 14 nitrogen and oxygen atoms in total. The van der Waals surface area contributed by atoms with Gasteiger partial charge in [-0.2, -0.15) is 0 Å². The van der Waals surface area contributed by atoms with Gasteiger partial charge in [0.05, 0.1) is 18.1 Å². The monoisotopic (exact) mass is 794 g/mol. The fourth-order valence-electron chi connectivity index (χ4n) is 13.5. The summed E-state index contributed by atoms with van der Waals surface area (Å²) < 4.78 is 23.5. The summed E-state index contributed by atoms with van der Waals surface area (Å²) >= 11 is 0. The molecule has 0 aromatic carbocycles. The van der Waals surface area contributed by atoms with Crippen LogP contribution in [-0.4, -0.2) is 127 Å². The van der Waals surface area contributed by atoms with Gasteiger partial charge < -0.3 is 59.8 Å². The summed E-state index contributed by atoms with van der Waals surface area (Å²) in [7, 11) is 0. The number of hydrogen-bond acceptors (Lipinski definition) is 13. The highest BCUT2D eigenvalue weighted by atomic mass is 16.7. The second kappa shape index (κ2) is 14.2. The van der Waals surface area contributed by atoms with Crippen molar-refractivity contribution in [1.29, 1.82) is 0 Å². The lowest BCUT2D eigenvalue weighted by atomic mass is 9.33. The van der Waals surface area contributed by atoms with Gasteiger partial charge in [-0.05, 0) is 109 Å². The van der Waals surface area contributed by atoms with Crippen LogP contribution in [0.1, 0.15) is 113 Å². The van der Waals surface area contributed by atoms with Gasteiger partial charge in [0.15, 0.2) is 12.4 Å². The van der Waals surface area contributed by atoms with Gasteiger partial charge >= 0.3 is 11.9 Å². The molecule has 18 atom stereocenters. The molecule has 0 aromatic rings. The van der Waals surface area contributed by atoms with Crippen molar-refractivity contribution in [3.05, 3.63) is 11.6 Å². The number of hydrogen-bond donors (Lipinski definition) is 8. The summed E-state index contributed by atoms with van der Waals surface area (Å²) in [5.74, 6) is -1.52. The van der Waals surface area contributed by atoms with Crippen molar-refractivity contribution >= 4 is 11.9 Å². The fourth-order valence-corrected chi connectivity index (χ4v) is 13.5. The lowest BCUT2D eigenvalue weighted by molar-refractivity contribution is -0.324. The number of carbonyl (C=O) groups excluding carboxylic acids is 1. The van der Waals surface area contributed by atoms with Crippen LogP contribution in [0, 0.1) is 50.2 Å². The van der Waals surface area contributed by atoms with Crippen LogP contribution >= 0.6 is 0 Å². The van der Waals surface area contributed by atoms with E-state index in [9.17, 15) is 50.4 Å².